The van der Waals surface area contributed by atoms with Crippen LogP contribution in [-0.4, -0.2) is 28.4 Å². The number of esters is 1. The predicted molar refractivity (Wildman–Crippen MR) is 122 cm³/mol. The van der Waals surface area contributed by atoms with Gasteiger partial charge in [-0.1, -0.05) is 42.1 Å². The van der Waals surface area contributed by atoms with E-state index in [9.17, 15) is 19.7 Å². The van der Waals surface area contributed by atoms with Gasteiger partial charge in [0, 0.05) is 23.6 Å². The van der Waals surface area contributed by atoms with Crippen molar-refractivity contribution in [3.8, 4) is 0 Å². The average molecular weight is 463 g/mol. The molecule has 33 heavy (non-hydrogen) atoms. The number of fused-ring (bicyclic) bond motifs is 1. The molecule has 4 rings (SSSR count). The van der Waals surface area contributed by atoms with Gasteiger partial charge in [0.15, 0.2) is 12.2 Å². The first kappa shape index (κ1) is 22.0. The van der Waals surface area contributed by atoms with Gasteiger partial charge < -0.3 is 14.5 Å². The highest BCUT2D eigenvalue weighted by Gasteiger charge is 2.16. The number of nitro groups is 1. The van der Waals surface area contributed by atoms with Crippen molar-refractivity contribution in [3.63, 3.8) is 0 Å². The van der Waals surface area contributed by atoms with E-state index in [1.807, 2.05) is 24.3 Å². The molecule has 0 fully saturated rings. The van der Waals surface area contributed by atoms with Crippen molar-refractivity contribution in [2.75, 3.05) is 11.9 Å². The number of thioether (sulfide) groups is 1. The Bertz CT molecular complexity index is 1290. The molecular weight excluding hydrogens is 446 g/mol. The van der Waals surface area contributed by atoms with Crippen LogP contribution in [0.4, 0.5) is 11.4 Å². The highest BCUT2D eigenvalue weighted by molar-refractivity contribution is 7.98. The van der Waals surface area contributed by atoms with Crippen molar-refractivity contribution in [1.29, 1.82) is 0 Å². The quantitative estimate of drug-likeness (QED) is 0.171. The highest BCUT2D eigenvalue weighted by Crippen LogP contribution is 2.27. The Labute approximate surface area is 191 Å². The lowest BCUT2D eigenvalue weighted by Crippen LogP contribution is -2.21. The second kappa shape index (κ2) is 9.96. The van der Waals surface area contributed by atoms with Gasteiger partial charge in [-0.05, 0) is 35.9 Å². The Balaban J connectivity index is 1.34. The van der Waals surface area contributed by atoms with Gasteiger partial charge in [-0.15, -0.1) is 0 Å². The van der Waals surface area contributed by atoms with Gasteiger partial charge in [-0.3, -0.25) is 14.9 Å². The summed E-state index contributed by atoms with van der Waals surface area (Å²) in [5, 5.41) is 13.7. The number of hydrogen-bond acceptors (Lipinski definition) is 8. The molecule has 1 aromatic heterocycles. The van der Waals surface area contributed by atoms with Crippen molar-refractivity contribution in [1.82, 2.24) is 4.98 Å². The summed E-state index contributed by atoms with van der Waals surface area (Å²) in [6, 6.07) is 19.7. The fourth-order valence-electron chi connectivity index (χ4n) is 2.97. The molecule has 1 N–H and O–H groups in total. The first-order chi connectivity index (χ1) is 16.0. The zero-order valence-electron chi connectivity index (χ0n) is 17.1. The van der Waals surface area contributed by atoms with Crippen LogP contribution >= 0.6 is 11.8 Å². The van der Waals surface area contributed by atoms with Crippen LogP contribution in [0.2, 0.25) is 0 Å². The van der Waals surface area contributed by atoms with E-state index < -0.39 is 23.4 Å². The zero-order chi connectivity index (χ0) is 23.2. The van der Waals surface area contributed by atoms with Crippen LogP contribution < -0.4 is 5.32 Å². The largest absolute Gasteiger partial charge is 0.452 e. The Kier molecular flexibility index (Phi) is 6.65. The van der Waals surface area contributed by atoms with Crippen molar-refractivity contribution >= 4 is 46.1 Å². The average Bonchev–Trinajstić information content (AvgIpc) is 3.25. The molecule has 0 aliphatic carbocycles. The van der Waals surface area contributed by atoms with E-state index in [1.54, 1.807) is 24.3 Å². The fraction of sp³-hybridized carbons (Fsp3) is 0.0870. The summed E-state index contributed by atoms with van der Waals surface area (Å²) in [6.07, 6.45) is 0. The van der Waals surface area contributed by atoms with Gasteiger partial charge in [0.1, 0.15) is 5.52 Å². The first-order valence-corrected chi connectivity index (χ1v) is 10.8. The number of oxazole rings is 1. The molecule has 0 unspecified atom stereocenters. The number of para-hydroxylation sites is 2. The number of carbonyl (C=O) groups is 2. The number of rotatable bonds is 8. The Hall–Kier alpha value is -4.18. The van der Waals surface area contributed by atoms with Gasteiger partial charge in [0.2, 0.25) is 0 Å². The summed E-state index contributed by atoms with van der Waals surface area (Å²) in [7, 11) is 0. The minimum Gasteiger partial charge on any atom is -0.452 e. The first-order valence-electron chi connectivity index (χ1n) is 9.77. The molecule has 3 aromatic carbocycles. The molecule has 0 bridgehead atoms. The predicted octanol–water partition coefficient (Wildman–Crippen LogP) is 4.82. The van der Waals surface area contributed by atoms with Crippen LogP contribution in [0.1, 0.15) is 15.9 Å². The smallest absolute Gasteiger partial charge is 0.338 e. The molecule has 0 aliphatic heterocycles. The van der Waals surface area contributed by atoms with Gasteiger partial charge >= 0.3 is 5.97 Å². The summed E-state index contributed by atoms with van der Waals surface area (Å²) < 4.78 is 10.8. The molecule has 9 nitrogen and oxygen atoms in total. The summed E-state index contributed by atoms with van der Waals surface area (Å²) in [6.45, 7) is -0.498. The van der Waals surface area contributed by atoms with E-state index in [-0.39, 0.29) is 5.69 Å². The number of carbonyl (C=O) groups excluding carboxylic acids is 2. The SMILES string of the molecule is O=C(COC(=O)c1ccccc1CSc1nc2ccccc2o1)Nc1ccc([N+](=O)[O-])cc1. The van der Waals surface area contributed by atoms with Crippen molar-refractivity contribution < 1.29 is 23.7 Å². The lowest BCUT2D eigenvalue weighted by Gasteiger charge is -2.09. The fourth-order valence-corrected chi connectivity index (χ4v) is 3.81. The molecular formula is C23H17N3O6S. The standard InChI is InChI=1S/C23H17N3O6S/c27-21(24-16-9-11-17(12-10-16)26(29)30)13-31-22(28)18-6-2-1-5-15(18)14-33-23-25-19-7-3-4-8-20(19)32-23/h1-12H,13-14H2,(H,24,27). The number of nitro benzene ring substituents is 1. The van der Waals surface area contributed by atoms with Crippen LogP contribution in [0.3, 0.4) is 0 Å². The number of amides is 1. The Morgan fingerprint density at radius 1 is 1.03 bits per heavy atom. The van der Waals surface area contributed by atoms with Crippen LogP contribution in [0, 0.1) is 10.1 Å². The van der Waals surface area contributed by atoms with Crippen molar-refractivity contribution in [2.45, 2.75) is 11.0 Å². The van der Waals surface area contributed by atoms with Crippen LogP contribution in [0.15, 0.2) is 82.4 Å². The molecule has 166 valence electrons. The number of hydrogen-bond donors (Lipinski definition) is 1. The minimum absolute atomic E-state index is 0.0910. The Morgan fingerprint density at radius 3 is 2.52 bits per heavy atom. The number of ether oxygens (including phenoxy) is 1. The summed E-state index contributed by atoms with van der Waals surface area (Å²) in [5.74, 6) is -0.772. The van der Waals surface area contributed by atoms with Gasteiger partial charge in [-0.2, -0.15) is 0 Å². The maximum atomic E-state index is 12.6. The lowest BCUT2D eigenvalue weighted by atomic mass is 10.1. The molecule has 1 amide bonds. The third-order valence-electron chi connectivity index (χ3n) is 4.56. The monoisotopic (exact) mass is 463 g/mol. The van der Waals surface area contributed by atoms with Gasteiger partial charge in [-0.25, -0.2) is 9.78 Å². The van der Waals surface area contributed by atoms with E-state index >= 15 is 0 Å². The molecule has 0 atom stereocenters. The third-order valence-corrected chi connectivity index (χ3v) is 5.44. The van der Waals surface area contributed by atoms with Crippen LogP contribution in [0.25, 0.3) is 11.1 Å². The van der Waals surface area contributed by atoms with Crippen molar-refractivity contribution in [2.24, 2.45) is 0 Å². The normalized spacial score (nSPS) is 10.7. The van der Waals surface area contributed by atoms with E-state index in [2.05, 4.69) is 10.3 Å². The van der Waals surface area contributed by atoms with E-state index in [1.165, 1.54) is 36.0 Å². The second-order valence-corrected chi connectivity index (χ2v) is 7.75. The van der Waals surface area contributed by atoms with Gasteiger partial charge in [0.25, 0.3) is 16.8 Å². The third kappa shape index (κ3) is 5.55. The van der Waals surface area contributed by atoms with Crippen molar-refractivity contribution in [3.05, 3.63) is 94.0 Å². The summed E-state index contributed by atoms with van der Waals surface area (Å²) in [4.78, 5) is 39.2. The lowest BCUT2D eigenvalue weighted by molar-refractivity contribution is -0.384. The highest BCUT2D eigenvalue weighted by atomic mass is 32.2. The molecule has 0 spiro atoms. The molecule has 1 heterocycles. The van der Waals surface area contributed by atoms with E-state index in [4.69, 9.17) is 9.15 Å². The number of aromatic nitrogens is 1. The minimum atomic E-state index is -0.636. The van der Waals surface area contributed by atoms with E-state index in [0.717, 1.165) is 5.52 Å². The summed E-state index contributed by atoms with van der Waals surface area (Å²) >= 11 is 1.35. The molecule has 0 aliphatic rings. The van der Waals surface area contributed by atoms with Crippen LogP contribution in [0.5, 0.6) is 0 Å². The molecule has 4 aromatic rings. The molecule has 0 saturated carbocycles. The number of nitrogens with one attached hydrogen (secondary N) is 1. The van der Waals surface area contributed by atoms with Gasteiger partial charge in [0.05, 0.1) is 10.5 Å². The molecule has 0 saturated heterocycles. The second-order valence-electron chi connectivity index (χ2n) is 6.82. The maximum absolute atomic E-state index is 12.6. The topological polar surface area (TPSA) is 125 Å². The van der Waals surface area contributed by atoms with E-state index in [0.29, 0.717) is 33.4 Å². The maximum Gasteiger partial charge on any atom is 0.338 e. The number of benzene rings is 3. The number of nitrogens with zero attached hydrogens (tertiary/aromatic N) is 2. The summed E-state index contributed by atoms with van der Waals surface area (Å²) in [5.41, 5.74) is 2.76. The number of anilines is 1. The molecule has 0 radical (unpaired) electrons. The Morgan fingerprint density at radius 2 is 1.76 bits per heavy atom. The number of non-ortho nitro benzene ring substituents is 1. The zero-order valence-corrected chi connectivity index (χ0v) is 17.9. The van der Waals surface area contributed by atoms with Crippen LogP contribution in [-0.2, 0) is 15.3 Å². The molecule has 10 heteroatoms.